The average Bonchev–Trinajstić information content (AvgIpc) is 2.71. The van der Waals surface area contributed by atoms with E-state index < -0.39 is 6.04 Å². The van der Waals surface area contributed by atoms with Crippen LogP contribution in [0.5, 0.6) is 5.88 Å². The summed E-state index contributed by atoms with van der Waals surface area (Å²) in [4.78, 5) is 29.2. The first-order valence-electron chi connectivity index (χ1n) is 5.67. The zero-order valence-electron chi connectivity index (χ0n) is 10.3. The van der Waals surface area contributed by atoms with Gasteiger partial charge in [0.25, 0.3) is 5.91 Å². The first-order chi connectivity index (χ1) is 8.61. The fraction of sp³-hybridized carbons (Fsp3) is 0.417. The number of likely N-dealkylation sites (N-methyl/N-ethyl adjacent to an activating group) is 1. The number of nitrogens with zero attached hydrogens (tertiary/aromatic N) is 2. The minimum Gasteiger partial charge on any atom is -0.481 e. The second kappa shape index (κ2) is 5.03. The molecule has 96 valence electrons. The van der Waals surface area contributed by atoms with Crippen molar-refractivity contribution < 1.29 is 14.3 Å². The molecular formula is C12H15N3O3. The third-order valence-corrected chi connectivity index (χ3v) is 2.94. The Morgan fingerprint density at radius 1 is 1.61 bits per heavy atom. The minimum absolute atomic E-state index is 0.0515. The lowest BCUT2D eigenvalue weighted by Crippen LogP contribution is -2.40. The van der Waals surface area contributed by atoms with Gasteiger partial charge in [-0.2, -0.15) is 0 Å². The summed E-state index contributed by atoms with van der Waals surface area (Å²) < 4.78 is 4.95. The SMILES string of the molecule is COc1cc(C(=O)N[C@@H]2CCN(C)C2=O)ccn1. The van der Waals surface area contributed by atoms with Gasteiger partial charge in [0, 0.05) is 31.4 Å². The third-order valence-electron chi connectivity index (χ3n) is 2.94. The molecule has 2 amide bonds. The number of methoxy groups -OCH3 is 1. The van der Waals surface area contributed by atoms with Gasteiger partial charge in [-0.05, 0) is 12.5 Å². The topological polar surface area (TPSA) is 71.5 Å². The Morgan fingerprint density at radius 2 is 2.39 bits per heavy atom. The molecule has 0 radical (unpaired) electrons. The highest BCUT2D eigenvalue weighted by atomic mass is 16.5. The van der Waals surface area contributed by atoms with E-state index >= 15 is 0 Å². The van der Waals surface area contributed by atoms with Crippen LogP contribution in [-0.2, 0) is 4.79 Å². The van der Waals surface area contributed by atoms with Gasteiger partial charge in [0.05, 0.1) is 7.11 Å². The van der Waals surface area contributed by atoms with Crippen molar-refractivity contribution >= 4 is 11.8 Å². The summed E-state index contributed by atoms with van der Waals surface area (Å²) in [7, 11) is 3.21. The number of carbonyl (C=O) groups excluding carboxylic acids is 2. The Hall–Kier alpha value is -2.11. The van der Waals surface area contributed by atoms with Crippen LogP contribution in [0.4, 0.5) is 0 Å². The van der Waals surface area contributed by atoms with Crippen LogP contribution >= 0.6 is 0 Å². The van der Waals surface area contributed by atoms with E-state index in [1.165, 1.54) is 13.3 Å². The number of aromatic nitrogens is 1. The fourth-order valence-electron chi connectivity index (χ4n) is 1.86. The number of likely N-dealkylation sites (tertiary alicyclic amines) is 1. The predicted octanol–water partition coefficient (Wildman–Crippen LogP) is 0.0507. The van der Waals surface area contributed by atoms with E-state index in [1.54, 1.807) is 24.1 Å². The second-order valence-corrected chi connectivity index (χ2v) is 4.16. The van der Waals surface area contributed by atoms with Crippen molar-refractivity contribution in [2.45, 2.75) is 12.5 Å². The molecule has 2 heterocycles. The molecule has 1 aliphatic heterocycles. The fourth-order valence-corrected chi connectivity index (χ4v) is 1.86. The number of nitrogens with one attached hydrogen (secondary N) is 1. The van der Waals surface area contributed by atoms with Crippen molar-refractivity contribution in [3.63, 3.8) is 0 Å². The van der Waals surface area contributed by atoms with Crippen molar-refractivity contribution in [3.05, 3.63) is 23.9 Å². The molecular weight excluding hydrogens is 234 g/mol. The van der Waals surface area contributed by atoms with Crippen molar-refractivity contribution in [2.75, 3.05) is 20.7 Å². The highest BCUT2D eigenvalue weighted by Gasteiger charge is 2.30. The third kappa shape index (κ3) is 2.42. The Balaban J connectivity index is 2.05. The number of carbonyl (C=O) groups is 2. The van der Waals surface area contributed by atoms with Crippen LogP contribution in [0, 0.1) is 0 Å². The molecule has 1 fully saturated rings. The van der Waals surface area contributed by atoms with Crippen molar-refractivity contribution in [1.82, 2.24) is 15.2 Å². The molecule has 1 N–H and O–H groups in total. The van der Waals surface area contributed by atoms with Crippen LogP contribution in [0.25, 0.3) is 0 Å². The van der Waals surface area contributed by atoms with E-state index in [1.807, 2.05) is 0 Å². The lowest BCUT2D eigenvalue weighted by atomic mass is 10.2. The molecule has 1 aromatic heterocycles. The van der Waals surface area contributed by atoms with Gasteiger partial charge >= 0.3 is 0 Å². The molecule has 1 atom stereocenters. The maximum absolute atomic E-state index is 12.0. The van der Waals surface area contributed by atoms with Gasteiger partial charge in [-0.15, -0.1) is 0 Å². The number of ether oxygens (including phenoxy) is 1. The molecule has 1 saturated heterocycles. The summed E-state index contributed by atoms with van der Waals surface area (Å²) in [6, 6.07) is 2.70. The molecule has 0 bridgehead atoms. The van der Waals surface area contributed by atoms with Crippen molar-refractivity contribution in [1.29, 1.82) is 0 Å². The summed E-state index contributed by atoms with van der Waals surface area (Å²) in [6.07, 6.45) is 2.14. The second-order valence-electron chi connectivity index (χ2n) is 4.16. The van der Waals surface area contributed by atoms with E-state index in [9.17, 15) is 9.59 Å². The van der Waals surface area contributed by atoms with E-state index in [0.717, 1.165) is 0 Å². The van der Waals surface area contributed by atoms with Crippen LogP contribution in [0.3, 0.4) is 0 Å². The van der Waals surface area contributed by atoms with Gasteiger partial charge in [0.2, 0.25) is 11.8 Å². The van der Waals surface area contributed by atoms with E-state index in [4.69, 9.17) is 4.74 Å². The van der Waals surface area contributed by atoms with Gasteiger partial charge in [0.1, 0.15) is 6.04 Å². The summed E-state index contributed by atoms with van der Waals surface area (Å²) in [5.74, 6) is 0.0336. The maximum atomic E-state index is 12.0. The molecule has 2 rings (SSSR count). The molecule has 0 aromatic carbocycles. The minimum atomic E-state index is -0.429. The molecule has 6 heteroatoms. The Labute approximate surface area is 105 Å². The zero-order chi connectivity index (χ0) is 13.1. The standard InChI is InChI=1S/C12H15N3O3/c1-15-6-4-9(12(15)17)14-11(16)8-3-5-13-10(7-8)18-2/h3,5,7,9H,4,6H2,1-2H3,(H,14,16)/t9-/m1/s1. The highest BCUT2D eigenvalue weighted by Crippen LogP contribution is 2.12. The molecule has 0 aliphatic carbocycles. The normalized spacial score (nSPS) is 18.9. The lowest BCUT2D eigenvalue weighted by Gasteiger charge is -2.12. The molecule has 0 saturated carbocycles. The average molecular weight is 249 g/mol. The Morgan fingerprint density at radius 3 is 3.00 bits per heavy atom. The summed E-state index contributed by atoms with van der Waals surface area (Å²) in [5.41, 5.74) is 0.434. The smallest absolute Gasteiger partial charge is 0.252 e. The van der Waals surface area contributed by atoms with E-state index in [2.05, 4.69) is 10.3 Å². The molecule has 6 nitrogen and oxygen atoms in total. The van der Waals surface area contributed by atoms with Crippen LogP contribution in [0.1, 0.15) is 16.8 Å². The predicted molar refractivity (Wildman–Crippen MR) is 64.3 cm³/mol. The summed E-state index contributed by atoms with van der Waals surface area (Å²) in [6.45, 7) is 0.670. The number of hydrogen-bond acceptors (Lipinski definition) is 4. The van der Waals surface area contributed by atoms with Crippen LogP contribution in [0.2, 0.25) is 0 Å². The van der Waals surface area contributed by atoms with E-state index in [-0.39, 0.29) is 11.8 Å². The van der Waals surface area contributed by atoms with E-state index in [0.29, 0.717) is 24.4 Å². The van der Waals surface area contributed by atoms with Gasteiger partial charge < -0.3 is 15.0 Å². The van der Waals surface area contributed by atoms with Crippen LogP contribution in [-0.4, -0.2) is 48.4 Å². The molecule has 1 aliphatic rings. The number of pyridine rings is 1. The van der Waals surface area contributed by atoms with Crippen molar-refractivity contribution in [3.8, 4) is 5.88 Å². The monoisotopic (exact) mass is 249 g/mol. The lowest BCUT2D eigenvalue weighted by molar-refractivity contribution is -0.128. The molecule has 18 heavy (non-hydrogen) atoms. The van der Waals surface area contributed by atoms with Gasteiger partial charge in [-0.1, -0.05) is 0 Å². The molecule has 1 aromatic rings. The van der Waals surface area contributed by atoms with Crippen LogP contribution < -0.4 is 10.1 Å². The first kappa shape index (κ1) is 12.3. The highest BCUT2D eigenvalue weighted by molar-refractivity contribution is 5.98. The largest absolute Gasteiger partial charge is 0.481 e. The number of rotatable bonds is 3. The first-order valence-corrected chi connectivity index (χ1v) is 5.67. The number of amides is 2. The van der Waals surface area contributed by atoms with Crippen molar-refractivity contribution in [2.24, 2.45) is 0 Å². The quantitative estimate of drug-likeness (QED) is 0.821. The Bertz CT molecular complexity index is 475. The summed E-state index contributed by atoms with van der Waals surface area (Å²) >= 11 is 0. The zero-order valence-corrected chi connectivity index (χ0v) is 10.3. The Kier molecular flexibility index (Phi) is 3.45. The maximum Gasteiger partial charge on any atom is 0.252 e. The van der Waals surface area contributed by atoms with Gasteiger partial charge in [-0.25, -0.2) is 4.98 Å². The summed E-state index contributed by atoms with van der Waals surface area (Å²) in [5, 5.41) is 2.71. The van der Waals surface area contributed by atoms with Crippen LogP contribution in [0.15, 0.2) is 18.3 Å². The molecule has 0 unspecified atom stereocenters. The molecule has 0 spiro atoms. The van der Waals surface area contributed by atoms with Gasteiger partial charge in [-0.3, -0.25) is 9.59 Å². The van der Waals surface area contributed by atoms with Gasteiger partial charge in [0.15, 0.2) is 0 Å². The number of hydrogen-bond donors (Lipinski definition) is 1.